The number of aliphatic hydroxyl groups excluding tert-OH is 1. The average molecular weight is 397 g/mol. The highest BCUT2D eigenvalue weighted by atomic mass is 32.1. The second-order valence-corrected chi connectivity index (χ2v) is 6.89. The van der Waals surface area contributed by atoms with E-state index in [-0.39, 0.29) is 16.5 Å². The molecule has 28 heavy (non-hydrogen) atoms. The van der Waals surface area contributed by atoms with E-state index in [2.05, 4.69) is 10.2 Å². The molecule has 0 spiro atoms. The van der Waals surface area contributed by atoms with Crippen LogP contribution in [0.25, 0.3) is 0 Å². The smallest absolute Gasteiger partial charge is 0.296 e. The van der Waals surface area contributed by atoms with Gasteiger partial charge in [0.15, 0.2) is 11.5 Å². The summed E-state index contributed by atoms with van der Waals surface area (Å²) in [6.45, 7) is 1.71. The number of carbonyl (C=O) groups is 2. The maximum atomic E-state index is 13.1. The molecule has 4 rings (SSSR count). The highest BCUT2D eigenvalue weighted by Gasteiger charge is 2.46. The number of ether oxygens (including phenoxy) is 1. The van der Waals surface area contributed by atoms with Crippen molar-refractivity contribution in [2.24, 2.45) is 0 Å². The Morgan fingerprint density at radius 1 is 1.25 bits per heavy atom. The molecule has 1 aromatic carbocycles. The van der Waals surface area contributed by atoms with Gasteiger partial charge >= 0.3 is 0 Å². The lowest BCUT2D eigenvalue weighted by Crippen LogP contribution is -2.31. The van der Waals surface area contributed by atoms with Crippen molar-refractivity contribution in [3.63, 3.8) is 0 Å². The van der Waals surface area contributed by atoms with Crippen LogP contribution in [-0.4, -0.2) is 34.1 Å². The third-order valence-corrected chi connectivity index (χ3v) is 5.09. The Bertz CT molecular complexity index is 1070. The van der Waals surface area contributed by atoms with Gasteiger partial charge in [-0.3, -0.25) is 14.5 Å². The summed E-state index contributed by atoms with van der Waals surface area (Å²) in [5, 5.41) is 18.5. The van der Waals surface area contributed by atoms with E-state index in [0.29, 0.717) is 17.1 Å². The zero-order chi connectivity index (χ0) is 19.8. The van der Waals surface area contributed by atoms with Gasteiger partial charge in [-0.2, -0.15) is 0 Å². The molecule has 8 nitrogen and oxygen atoms in total. The predicted octanol–water partition coefficient (Wildman–Crippen LogP) is 3.23. The van der Waals surface area contributed by atoms with Crippen LogP contribution >= 0.6 is 11.3 Å². The van der Waals surface area contributed by atoms with E-state index >= 15 is 0 Å². The van der Waals surface area contributed by atoms with Gasteiger partial charge in [-0.25, -0.2) is 0 Å². The number of rotatable bonds is 5. The molecule has 1 N–H and O–H groups in total. The van der Waals surface area contributed by atoms with E-state index in [9.17, 15) is 14.7 Å². The molecular weight excluding hydrogens is 382 g/mol. The molecule has 0 saturated carbocycles. The number of anilines is 1. The number of benzene rings is 1. The van der Waals surface area contributed by atoms with E-state index in [1.807, 2.05) is 0 Å². The first kappa shape index (κ1) is 17.9. The molecule has 142 valence electrons. The van der Waals surface area contributed by atoms with Gasteiger partial charge in [-0.05, 0) is 36.8 Å². The fourth-order valence-electron chi connectivity index (χ4n) is 3.10. The van der Waals surface area contributed by atoms with Crippen molar-refractivity contribution in [3.05, 3.63) is 70.3 Å². The Kier molecular flexibility index (Phi) is 4.44. The van der Waals surface area contributed by atoms with Crippen LogP contribution in [0.2, 0.25) is 0 Å². The van der Waals surface area contributed by atoms with E-state index < -0.39 is 23.5 Å². The number of carbonyl (C=O) groups excluding carboxylic acids is 2. The fourth-order valence-corrected chi connectivity index (χ4v) is 3.68. The number of hydrogen-bond acceptors (Lipinski definition) is 8. The predicted molar refractivity (Wildman–Crippen MR) is 101 cm³/mol. The topological polar surface area (TPSA) is 106 Å². The van der Waals surface area contributed by atoms with Crippen LogP contribution in [-0.2, 0) is 4.79 Å². The maximum absolute atomic E-state index is 13.1. The monoisotopic (exact) mass is 397 g/mol. The molecule has 0 fully saturated rings. The van der Waals surface area contributed by atoms with Gasteiger partial charge in [-0.15, -0.1) is 10.2 Å². The van der Waals surface area contributed by atoms with Gasteiger partial charge in [0.25, 0.3) is 5.91 Å². The van der Waals surface area contributed by atoms with Crippen molar-refractivity contribution in [2.45, 2.75) is 13.0 Å². The van der Waals surface area contributed by atoms with Crippen LogP contribution in [0.5, 0.6) is 5.75 Å². The van der Waals surface area contributed by atoms with Gasteiger partial charge in [0.1, 0.15) is 17.0 Å². The van der Waals surface area contributed by atoms with E-state index in [0.717, 1.165) is 11.3 Å². The number of ketones is 1. The number of furan rings is 1. The second kappa shape index (κ2) is 6.93. The minimum atomic E-state index is -0.871. The lowest BCUT2D eigenvalue weighted by Gasteiger charge is -2.23. The van der Waals surface area contributed by atoms with Crippen molar-refractivity contribution in [3.8, 4) is 5.75 Å². The zero-order valence-electron chi connectivity index (χ0n) is 14.9. The van der Waals surface area contributed by atoms with Gasteiger partial charge in [0, 0.05) is 0 Å². The number of Topliss-reactive ketones (excluding diaryl/α,β-unsaturated/α-hetero) is 1. The summed E-state index contributed by atoms with van der Waals surface area (Å²) >= 11 is 1.13. The van der Waals surface area contributed by atoms with Gasteiger partial charge in [0.2, 0.25) is 10.9 Å². The van der Waals surface area contributed by atoms with Crippen LogP contribution in [0, 0.1) is 6.92 Å². The summed E-state index contributed by atoms with van der Waals surface area (Å²) in [4.78, 5) is 27.2. The van der Waals surface area contributed by atoms with Crippen LogP contribution in [0.3, 0.4) is 0 Å². The Hall–Kier alpha value is -3.46. The average Bonchev–Trinajstić information content (AvgIpc) is 3.43. The molecule has 1 unspecified atom stereocenters. The number of hydrogen-bond donors (Lipinski definition) is 1. The van der Waals surface area contributed by atoms with Crippen molar-refractivity contribution in [2.75, 3.05) is 12.0 Å². The minimum absolute atomic E-state index is 0.0458. The van der Waals surface area contributed by atoms with E-state index in [4.69, 9.17) is 9.15 Å². The molecule has 1 aliphatic rings. The molecule has 3 heterocycles. The highest BCUT2D eigenvalue weighted by molar-refractivity contribution is 7.13. The second-order valence-electron chi connectivity index (χ2n) is 6.07. The Morgan fingerprint density at radius 3 is 2.57 bits per heavy atom. The third kappa shape index (κ3) is 2.85. The van der Waals surface area contributed by atoms with Crippen LogP contribution in [0.1, 0.15) is 27.9 Å². The molecule has 1 amide bonds. The highest BCUT2D eigenvalue weighted by Crippen LogP contribution is 2.42. The Balaban J connectivity index is 1.85. The minimum Gasteiger partial charge on any atom is -0.503 e. The number of aliphatic hydroxyl groups is 1. The Morgan fingerprint density at radius 2 is 2.00 bits per heavy atom. The summed E-state index contributed by atoms with van der Waals surface area (Å²) in [7, 11) is 1.54. The zero-order valence-corrected chi connectivity index (χ0v) is 15.8. The number of aryl methyl sites for hydroxylation is 1. The van der Waals surface area contributed by atoms with Crippen molar-refractivity contribution in [1.82, 2.24) is 10.2 Å². The number of amides is 1. The standard InChI is InChI=1S/C19H15N3O5S/c1-10-3-8-13(27-10)16(23)14-15(11-4-6-12(26-2)7-5-11)22(18(25)17(14)24)19-21-20-9-28-19/h3-9,15,24H,1-2H3. The lowest BCUT2D eigenvalue weighted by atomic mass is 9.95. The van der Waals surface area contributed by atoms with Crippen molar-refractivity contribution in [1.29, 1.82) is 0 Å². The molecule has 1 atom stereocenters. The molecule has 3 aromatic rings. The molecular formula is C19H15N3O5S. The molecule has 9 heteroatoms. The van der Waals surface area contributed by atoms with E-state index in [1.54, 1.807) is 44.4 Å². The molecule has 0 saturated heterocycles. The maximum Gasteiger partial charge on any atom is 0.296 e. The quantitative estimate of drug-likeness (QED) is 0.659. The summed E-state index contributed by atoms with van der Waals surface area (Å²) in [5.74, 6) is -0.691. The summed E-state index contributed by atoms with van der Waals surface area (Å²) in [6.07, 6.45) is 0. The van der Waals surface area contributed by atoms with Crippen LogP contribution in [0.15, 0.2) is 57.7 Å². The first-order valence-electron chi connectivity index (χ1n) is 8.29. The number of nitrogens with zero attached hydrogens (tertiary/aromatic N) is 3. The summed E-state index contributed by atoms with van der Waals surface area (Å²) < 4.78 is 10.6. The number of methoxy groups -OCH3 is 1. The van der Waals surface area contributed by atoms with Crippen LogP contribution in [0.4, 0.5) is 5.13 Å². The molecule has 0 aliphatic carbocycles. The molecule has 2 aromatic heterocycles. The van der Waals surface area contributed by atoms with Crippen molar-refractivity contribution >= 4 is 28.2 Å². The van der Waals surface area contributed by atoms with E-state index in [1.165, 1.54) is 16.5 Å². The first-order valence-corrected chi connectivity index (χ1v) is 9.17. The largest absolute Gasteiger partial charge is 0.503 e. The van der Waals surface area contributed by atoms with Crippen molar-refractivity contribution < 1.29 is 23.8 Å². The fraction of sp³-hybridized carbons (Fsp3) is 0.158. The third-order valence-electron chi connectivity index (χ3n) is 4.40. The normalized spacial score (nSPS) is 16.7. The molecule has 0 bridgehead atoms. The molecule has 0 radical (unpaired) electrons. The Labute approximate surface area is 163 Å². The van der Waals surface area contributed by atoms with Crippen LogP contribution < -0.4 is 9.64 Å². The summed E-state index contributed by atoms with van der Waals surface area (Å²) in [6, 6.07) is 9.17. The van der Waals surface area contributed by atoms with Gasteiger partial charge in [-0.1, -0.05) is 23.5 Å². The molecule has 1 aliphatic heterocycles. The SMILES string of the molecule is COc1ccc(C2C(C(=O)c3ccc(C)o3)=C(O)C(=O)N2c2nncs2)cc1. The lowest BCUT2D eigenvalue weighted by molar-refractivity contribution is -0.117. The number of aromatic nitrogens is 2. The summed E-state index contributed by atoms with van der Waals surface area (Å²) in [5.41, 5.74) is 2.01. The van der Waals surface area contributed by atoms with Gasteiger partial charge in [0.05, 0.1) is 18.7 Å². The first-order chi connectivity index (χ1) is 13.5. The van der Waals surface area contributed by atoms with Gasteiger partial charge < -0.3 is 14.3 Å².